The zero-order valence-electron chi connectivity index (χ0n) is 20.0. The van der Waals surface area contributed by atoms with E-state index >= 15 is 0 Å². The van der Waals surface area contributed by atoms with Crippen LogP contribution in [0.15, 0.2) is 78.5 Å². The van der Waals surface area contributed by atoms with Crippen molar-refractivity contribution in [2.24, 2.45) is 0 Å². The number of halogens is 1. The lowest BCUT2D eigenvalue weighted by atomic mass is 10.1. The van der Waals surface area contributed by atoms with E-state index in [1.807, 2.05) is 62.4 Å². The molecule has 36 heavy (non-hydrogen) atoms. The fourth-order valence-electron chi connectivity index (χ4n) is 3.59. The van der Waals surface area contributed by atoms with Gasteiger partial charge in [-0.3, -0.25) is 9.59 Å². The summed E-state index contributed by atoms with van der Waals surface area (Å²) >= 11 is 6.18. The van der Waals surface area contributed by atoms with Crippen molar-refractivity contribution in [1.82, 2.24) is 20.6 Å². The van der Waals surface area contributed by atoms with Gasteiger partial charge in [-0.15, -0.1) is 0 Å². The number of fused-ring (bicyclic) bond motifs is 1. The number of amides is 2. The quantitative estimate of drug-likeness (QED) is 0.276. The molecule has 4 rings (SSSR count). The minimum atomic E-state index is -0.473. The maximum absolute atomic E-state index is 13.1. The molecule has 8 heteroatoms. The zero-order chi connectivity index (χ0) is 25.5. The van der Waals surface area contributed by atoms with Gasteiger partial charge in [-0.2, -0.15) is 0 Å². The number of para-hydroxylation sites is 2. The van der Waals surface area contributed by atoms with Gasteiger partial charge in [0.15, 0.2) is 0 Å². The number of hydrogen-bond acceptors (Lipinski definition) is 4. The highest BCUT2D eigenvalue weighted by atomic mass is 35.5. The SMILES string of the molecule is CC(C)Oc1ccc(/C=C(\NC(=O)c2ccccc2Cl)C(=O)NCCc2nc3ccccc3[nH]2)cc1. The molecule has 0 aliphatic heterocycles. The van der Waals surface area contributed by atoms with Gasteiger partial charge >= 0.3 is 0 Å². The third-order valence-corrected chi connectivity index (χ3v) is 5.59. The van der Waals surface area contributed by atoms with Crippen LogP contribution in [0, 0.1) is 0 Å². The molecular weight excluding hydrogens is 476 g/mol. The summed E-state index contributed by atoms with van der Waals surface area (Å²) in [6.45, 7) is 4.23. The van der Waals surface area contributed by atoms with Gasteiger partial charge in [0.1, 0.15) is 17.3 Å². The summed E-state index contributed by atoms with van der Waals surface area (Å²) in [5.41, 5.74) is 2.92. The molecule has 1 heterocycles. The molecule has 0 spiro atoms. The number of H-pyrrole nitrogens is 1. The first kappa shape index (κ1) is 25.0. The van der Waals surface area contributed by atoms with E-state index in [1.54, 1.807) is 30.3 Å². The molecule has 4 aromatic rings. The minimum Gasteiger partial charge on any atom is -0.491 e. The van der Waals surface area contributed by atoms with E-state index in [9.17, 15) is 9.59 Å². The number of nitrogens with one attached hydrogen (secondary N) is 3. The second-order valence-corrected chi connectivity index (χ2v) is 8.84. The van der Waals surface area contributed by atoms with E-state index in [0.717, 1.165) is 28.2 Å². The van der Waals surface area contributed by atoms with Crippen LogP contribution in [-0.2, 0) is 11.2 Å². The van der Waals surface area contributed by atoms with Gasteiger partial charge in [-0.1, -0.05) is 48.0 Å². The largest absolute Gasteiger partial charge is 0.491 e. The van der Waals surface area contributed by atoms with E-state index < -0.39 is 11.8 Å². The second-order valence-electron chi connectivity index (χ2n) is 8.43. The molecule has 3 N–H and O–H groups in total. The molecule has 184 valence electrons. The van der Waals surface area contributed by atoms with Crippen molar-refractivity contribution in [1.29, 1.82) is 0 Å². The molecule has 0 aliphatic rings. The number of rotatable bonds is 9. The van der Waals surface area contributed by atoms with Crippen LogP contribution in [0.1, 0.15) is 35.6 Å². The third-order valence-electron chi connectivity index (χ3n) is 5.26. The number of carbonyl (C=O) groups is 2. The molecule has 1 aromatic heterocycles. The summed E-state index contributed by atoms with van der Waals surface area (Å²) in [6, 6.07) is 21.7. The summed E-state index contributed by atoms with van der Waals surface area (Å²) in [7, 11) is 0. The molecule has 0 fully saturated rings. The average Bonchev–Trinajstić information content (AvgIpc) is 3.27. The summed E-state index contributed by atoms with van der Waals surface area (Å²) < 4.78 is 5.68. The summed E-state index contributed by atoms with van der Waals surface area (Å²) in [5.74, 6) is 0.593. The summed E-state index contributed by atoms with van der Waals surface area (Å²) in [6.07, 6.45) is 2.17. The molecular formula is C28H27ClN4O3. The van der Waals surface area contributed by atoms with Gasteiger partial charge in [0.25, 0.3) is 11.8 Å². The van der Waals surface area contributed by atoms with Crippen molar-refractivity contribution in [3.63, 3.8) is 0 Å². The van der Waals surface area contributed by atoms with Crippen LogP contribution in [0.2, 0.25) is 5.02 Å². The van der Waals surface area contributed by atoms with Crippen molar-refractivity contribution in [2.45, 2.75) is 26.4 Å². The smallest absolute Gasteiger partial charge is 0.267 e. The van der Waals surface area contributed by atoms with Gasteiger partial charge in [0.05, 0.1) is 27.7 Å². The number of aromatic nitrogens is 2. The predicted molar refractivity (Wildman–Crippen MR) is 142 cm³/mol. The van der Waals surface area contributed by atoms with E-state index in [1.165, 1.54) is 0 Å². The highest BCUT2D eigenvalue weighted by molar-refractivity contribution is 6.34. The minimum absolute atomic E-state index is 0.0504. The molecule has 0 atom stereocenters. The van der Waals surface area contributed by atoms with Crippen molar-refractivity contribution >= 4 is 40.5 Å². The van der Waals surface area contributed by atoms with E-state index in [-0.39, 0.29) is 17.4 Å². The standard InChI is InChI=1S/C28H27ClN4O3/c1-18(2)36-20-13-11-19(12-14-20)17-25(33-27(34)21-7-3-4-8-22(21)29)28(35)30-16-15-26-31-23-9-5-6-10-24(23)32-26/h3-14,17-18H,15-16H2,1-2H3,(H,30,35)(H,31,32)(H,33,34)/b25-17-. The summed E-state index contributed by atoms with van der Waals surface area (Å²) in [5, 5.41) is 5.88. The molecule has 2 amide bonds. The van der Waals surface area contributed by atoms with Crippen LogP contribution < -0.4 is 15.4 Å². The Bertz CT molecular complexity index is 1360. The lowest BCUT2D eigenvalue weighted by molar-refractivity contribution is -0.117. The molecule has 0 unspecified atom stereocenters. The molecule has 7 nitrogen and oxygen atoms in total. The number of ether oxygens (including phenoxy) is 1. The van der Waals surface area contributed by atoms with Gasteiger partial charge in [0.2, 0.25) is 0 Å². The Morgan fingerprint density at radius 3 is 2.47 bits per heavy atom. The fraction of sp³-hybridized carbons (Fsp3) is 0.179. The molecule has 0 aliphatic carbocycles. The Balaban J connectivity index is 1.49. The molecule has 0 saturated heterocycles. The second kappa shape index (κ2) is 11.6. The third kappa shape index (κ3) is 6.52. The number of carbonyl (C=O) groups excluding carboxylic acids is 2. The van der Waals surface area contributed by atoms with Crippen LogP contribution in [-0.4, -0.2) is 34.4 Å². The maximum Gasteiger partial charge on any atom is 0.267 e. The van der Waals surface area contributed by atoms with Crippen molar-refractivity contribution in [3.05, 3.63) is 100 Å². The highest BCUT2D eigenvalue weighted by Crippen LogP contribution is 2.18. The number of imidazole rings is 1. The lowest BCUT2D eigenvalue weighted by Crippen LogP contribution is -2.36. The maximum atomic E-state index is 13.1. The van der Waals surface area contributed by atoms with Crippen molar-refractivity contribution < 1.29 is 14.3 Å². The van der Waals surface area contributed by atoms with Crippen molar-refractivity contribution in [2.75, 3.05) is 6.54 Å². The first-order chi connectivity index (χ1) is 17.4. The number of benzene rings is 3. The van der Waals surface area contributed by atoms with Gasteiger partial charge in [-0.25, -0.2) is 4.98 Å². The highest BCUT2D eigenvalue weighted by Gasteiger charge is 2.16. The Kier molecular flexibility index (Phi) is 8.02. The van der Waals surface area contributed by atoms with Crippen molar-refractivity contribution in [3.8, 4) is 5.75 Å². The van der Waals surface area contributed by atoms with E-state index in [4.69, 9.17) is 16.3 Å². The van der Waals surface area contributed by atoms with Gasteiger partial charge in [-0.05, 0) is 61.9 Å². The van der Waals surface area contributed by atoms with Gasteiger partial charge < -0.3 is 20.4 Å². The van der Waals surface area contributed by atoms with Crippen LogP contribution in [0.3, 0.4) is 0 Å². The van der Waals surface area contributed by atoms with Crippen LogP contribution in [0.4, 0.5) is 0 Å². The lowest BCUT2D eigenvalue weighted by Gasteiger charge is -2.12. The Morgan fingerprint density at radius 2 is 1.75 bits per heavy atom. The Morgan fingerprint density at radius 1 is 1.03 bits per heavy atom. The monoisotopic (exact) mass is 502 g/mol. The first-order valence-corrected chi connectivity index (χ1v) is 12.0. The normalized spacial score (nSPS) is 11.5. The zero-order valence-corrected chi connectivity index (χ0v) is 20.8. The van der Waals surface area contributed by atoms with Crippen LogP contribution >= 0.6 is 11.6 Å². The van der Waals surface area contributed by atoms with E-state index in [2.05, 4.69) is 20.6 Å². The van der Waals surface area contributed by atoms with Crippen LogP contribution in [0.5, 0.6) is 5.75 Å². The topological polar surface area (TPSA) is 96.1 Å². The molecule has 3 aromatic carbocycles. The van der Waals surface area contributed by atoms with E-state index in [0.29, 0.717) is 18.0 Å². The Labute approximate surface area is 214 Å². The Hall–Kier alpha value is -4.10. The number of nitrogens with zero attached hydrogens (tertiary/aromatic N) is 1. The fourth-order valence-corrected chi connectivity index (χ4v) is 3.81. The predicted octanol–water partition coefficient (Wildman–Crippen LogP) is 5.13. The average molecular weight is 503 g/mol. The number of aromatic amines is 1. The molecule has 0 radical (unpaired) electrons. The summed E-state index contributed by atoms with van der Waals surface area (Å²) in [4.78, 5) is 33.8. The van der Waals surface area contributed by atoms with Crippen LogP contribution in [0.25, 0.3) is 17.1 Å². The first-order valence-electron chi connectivity index (χ1n) is 11.6. The number of hydrogen-bond donors (Lipinski definition) is 3. The van der Waals surface area contributed by atoms with Gasteiger partial charge in [0, 0.05) is 13.0 Å². The molecule has 0 bridgehead atoms. The molecule has 0 saturated carbocycles.